The van der Waals surface area contributed by atoms with Crippen molar-refractivity contribution in [2.75, 3.05) is 26.7 Å². The third-order valence-corrected chi connectivity index (χ3v) is 4.07. The zero-order chi connectivity index (χ0) is 15.2. The molecule has 8 heteroatoms. The molecule has 1 aliphatic carbocycles. The minimum Gasteiger partial charge on any atom is -0.355 e. The predicted octanol–water partition coefficient (Wildman–Crippen LogP) is 0.900. The second-order valence-electron chi connectivity index (χ2n) is 5.82. The molecule has 0 spiro atoms. The van der Waals surface area contributed by atoms with Gasteiger partial charge in [-0.1, -0.05) is 19.8 Å². The SMILES string of the molecule is CN=C(NCCN1C(=O)CNC1=O)NC1CCCC(C)C1.I. The van der Waals surface area contributed by atoms with Crippen LogP contribution in [0.4, 0.5) is 4.79 Å². The highest BCUT2D eigenvalue weighted by molar-refractivity contribution is 14.0. The molecule has 1 heterocycles. The van der Waals surface area contributed by atoms with E-state index in [4.69, 9.17) is 0 Å². The number of hydrogen-bond acceptors (Lipinski definition) is 3. The minimum atomic E-state index is -0.314. The second kappa shape index (κ2) is 9.16. The third kappa shape index (κ3) is 5.29. The number of imide groups is 1. The summed E-state index contributed by atoms with van der Waals surface area (Å²) < 4.78 is 0. The molecule has 0 aromatic rings. The number of urea groups is 1. The van der Waals surface area contributed by atoms with Crippen LogP contribution in [0, 0.1) is 5.92 Å². The fourth-order valence-electron chi connectivity index (χ4n) is 2.92. The van der Waals surface area contributed by atoms with Crippen molar-refractivity contribution < 1.29 is 9.59 Å². The van der Waals surface area contributed by atoms with Gasteiger partial charge in [-0.3, -0.25) is 14.7 Å². The Labute approximate surface area is 148 Å². The Morgan fingerprint density at radius 2 is 2.18 bits per heavy atom. The molecule has 0 aromatic carbocycles. The summed E-state index contributed by atoms with van der Waals surface area (Å²) in [6.45, 7) is 3.24. The first-order valence-electron chi connectivity index (χ1n) is 7.65. The van der Waals surface area contributed by atoms with Crippen LogP contribution >= 0.6 is 24.0 Å². The first-order chi connectivity index (χ1) is 10.1. The predicted molar refractivity (Wildman–Crippen MR) is 96.4 cm³/mol. The van der Waals surface area contributed by atoms with E-state index >= 15 is 0 Å². The van der Waals surface area contributed by atoms with Crippen molar-refractivity contribution >= 4 is 41.9 Å². The van der Waals surface area contributed by atoms with E-state index in [1.165, 1.54) is 17.7 Å². The van der Waals surface area contributed by atoms with Gasteiger partial charge in [0.15, 0.2) is 5.96 Å². The van der Waals surface area contributed by atoms with Crippen LogP contribution in [0.25, 0.3) is 0 Å². The van der Waals surface area contributed by atoms with Crippen LogP contribution in [0.2, 0.25) is 0 Å². The summed E-state index contributed by atoms with van der Waals surface area (Å²) in [5, 5.41) is 9.09. The summed E-state index contributed by atoms with van der Waals surface area (Å²) in [6.07, 6.45) is 4.88. The van der Waals surface area contributed by atoms with E-state index < -0.39 is 0 Å². The molecule has 7 nitrogen and oxygen atoms in total. The van der Waals surface area contributed by atoms with E-state index in [-0.39, 0.29) is 42.5 Å². The topological polar surface area (TPSA) is 85.8 Å². The normalized spacial score (nSPS) is 25.5. The lowest BCUT2D eigenvalue weighted by Crippen LogP contribution is -2.47. The number of nitrogens with zero attached hydrogens (tertiary/aromatic N) is 2. The van der Waals surface area contributed by atoms with Crippen LogP contribution in [-0.4, -0.2) is 55.5 Å². The van der Waals surface area contributed by atoms with Crippen molar-refractivity contribution in [2.24, 2.45) is 10.9 Å². The van der Waals surface area contributed by atoms with Gasteiger partial charge in [-0.15, -0.1) is 24.0 Å². The summed E-state index contributed by atoms with van der Waals surface area (Å²) in [5.41, 5.74) is 0. The molecule has 0 bridgehead atoms. The van der Waals surface area contributed by atoms with Crippen molar-refractivity contribution in [1.82, 2.24) is 20.9 Å². The summed E-state index contributed by atoms with van der Waals surface area (Å²) in [4.78, 5) is 28.3. The van der Waals surface area contributed by atoms with E-state index in [2.05, 4.69) is 27.9 Å². The Kier molecular flexibility index (Phi) is 7.91. The first-order valence-corrected chi connectivity index (χ1v) is 7.65. The summed E-state index contributed by atoms with van der Waals surface area (Å²) in [7, 11) is 1.73. The number of nitrogens with one attached hydrogen (secondary N) is 3. The average Bonchev–Trinajstić information content (AvgIpc) is 2.78. The maximum Gasteiger partial charge on any atom is 0.324 e. The van der Waals surface area contributed by atoms with Gasteiger partial charge in [-0.05, 0) is 18.8 Å². The van der Waals surface area contributed by atoms with Crippen molar-refractivity contribution in [3.05, 3.63) is 0 Å². The van der Waals surface area contributed by atoms with Crippen LogP contribution in [-0.2, 0) is 4.79 Å². The van der Waals surface area contributed by atoms with Gasteiger partial charge in [0.1, 0.15) is 0 Å². The molecule has 2 rings (SSSR count). The molecule has 2 fully saturated rings. The van der Waals surface area contributed by atoms with E-state index in [9.17, 15) is 9.59 Å². The fraction of sp³-hybridized carbons (Fsp3) is 0.786. The van der Waals surface area contributed by atoms with Crippen molar-refractivity contribution in [1.29, 1.82) is 0 Å². The molecule has 1 aliphatic heterocycles. The van der Waals surface area contributed by atoms with Crippen LogP contribution in [0.5, 0.6) is 0 Å². The highest BCUT2D eigenvalue weighted by Crippen LogP contribution is 2.23. The van der Waals surface area contributed by atoms with E-state index in [1.807, 2.05) is 0 Å². The largest absolute Gasteiger partial charge is 0.355 e. The Bertz CT molecular complexity index is 413. The maximum absolute atomic E-state index is 11.5. The van der Waals surface area contributed by atoms with Gasteiger partial charge in [0.25, 0.3) is 0 Å². The smallest absolute Gasteiger partial charge is 0.324 e. The molecular weight excluding hydrogens is 397 g/mol. The molecule has 0 radical (unpaired) electrons. The summed E-state index contributed by atoms with van der Waals surface area (Å²) in [5.74, 6) is 1.31. The van der Waals surface area contributed by atoms with Crippen LogP contribution in [0.1, 0.15) is 32.6 Å². The molecule has 3 N–H and O–H groups in total. The highest BCUT2D eigenvalue weighted by Gasteiger charge is 2.27. The monoisotopic (exact) mass is 423 g/mol. The Morgan fingerprint density at radius 1 is 1.41 bits per heavy atom. The zero-order valence-electron chi connectivity index (χ0n) is 13.2. The summed E-state index contributed by atoms with van der Waals surface area (Å²) in [6, 6.07) is 0.141. The molecule has 2 unspecified atom stereocenters. The van der Waals surface area contributed by atoms with Crippen LogP contribution in [0.3, 0.4) is 0 Å². The van der Waals surface area contributed by atoms with E-state index in [0.717, 1.165) is 24.7 Å². The molecule has 126 valence electrons. The number of rotatable bonds is 4. The quantitative estimate of drug-likeness (QED) is 0.272. The van der Waals surface area contributed by atoms with Gasteiger partial charge in [-0.25, -0.2) is 4.79 Å². The Morgan fingerprint density at radius 3 is 2.77 bits per heavy atom. The average molecular weight is 423 g/mol. The molecule has 0 aromatic heterocycles. The number of halogens is 1. The maximum atomic E-state index is 11.5. The van der Waals surface area contributed by atoms with Gasteiger partial charge < -0.3 is 16.0 Å². The second-order valence-corrected chi connectivity index (χ2v) is 5.82. The van der Waals surface area contributed by atoms with Gasteiger partial charge in [-0.2, -0.15) is 0 Å². The number of amides is 3. The molecule has 22 heavy (non-hydrogen) atoms. The van der Waals surface area contributed by atoms with Crippen molar-refractivity contribution in [3.63, 3.8) is 0 Å². The molecule has 2 atom stereocenters. The Hall–Kier alpha value is -1.06. The molecule has 3 amide bonds. The number of hydrogen-bond donors (Lipinski definition) is 3. The molecule has 1 saturated heterocycles. The first kappa shape index (κ1) is 19.0. The van der Waals surface area contributed by atoms with Crippen molar-refractivity contribution in [3.8, 4) is 0 Å². The van der Waals surface area contributed by atoms with Crippen molar-refractivity contribution in [2.45, 2.75) is 38.6 Å². The standard InChI is InChI=1S/C14H25N5O2.HI/c1-10-4-3-5-11(8-10)18-13(15-2)16-6-7-19-12(20)9-17-14(19)21;/h10-11H,3-9H2,1-2H3,(H,17,21)(H2,15,16,18);1H. The minimum absolute atomic E-state index is 0. The lowest BCUT2D eigenvalue weighted by molar-refractivity contribution is -0.124. The molecule has 2 aliphatic rings. The van der Waals surface area contributed by atoms with Crippen LogP contribution in [0.15, 0.2) is 4.99 Å². The van der Waals surface area contributed by atoms with Gasteiger partial charge in [0.05, 0.1) is 6.54 Å². The zero-order valence-corrected chi connectivity index (χ0v) is 15.6. The third-order valence-electron chi connectivity index (χ3n) is 4.07. The van der Waals surface area contributed by atoms with Crippen LogP contribution < -0.4 is 16.0 Å². The lowest BCUT2D eigenvalue weighted by Gasteiger charge is -2.29. The van der Waals surface area contributed by atoms with E-state index in [1.54, 1.807) is 7.05 Å². The Balaban J connectivity index is 0.00000242. The van der Waals surface area contributed by atoms with E-state index in [0.29, 0.717) is 19.1 Å². The number of carbonyl (C=O) groups is 2. The van der Waals surface area contributed by atoms with Gasteiger partial charge in [0, 0.05) is 26.2 Å². The summed E-state index contributed by atoms with van der Waals surface area (Å²) >= 11 is 0. The number of carbonyl (C=O) groups excluding carboxylic acids is 2. The molecule has 1 saturated carbocycles. The molecular formula is C14H26IN5O2. The fourth-order valence-corrected chi connectivity index (χ4v) is 2.92. The highest BCUT2D eigenvalue weighted by atomic mass is 127. The van der Waals surface area contributed by atoms with Gasteiger partial charge in [0.2, 0.25) is 5.91 Å². The number of guanidine groups is 1. The lowest BCUT2D eigenvalue weighted by atomic mass is 9.87. The van der Waals surface area contributed by atoms with Gasteiger partial charge >= 0.3 is 6.03 Å². The number of aliphatic imine (C=N–C) groups is 1.